The van der Waals surface area contributed by atoms with Crippen LogP contribution >= 0.6 is 0 Å². The molecule has 1 rings (SSSR count). The van der Waals surface area contributed by atoms with Crippen LogP contribution in [0, 0.1) is 5.92 Å². The van der Waals surface area contributed by atoms with Crippen LogP contribution in [0.2, 0.25) is 0 Å². The lowest BCUT2D eigenvalue weighted by molar-refractivity contribution is 0.146. The van der Waals surface area contributed by atoms with Crippen molar-refractivity contribution in [2.24, 2.45) is 5.92 Å². The van der Waals surface area contributed by atoms with Gasteiger partial charge in [-0.3, -0.25) is 0 Å². The van der Waals surface area contributed by atoms with Crippen LogP contribution in [-0.2, 0) is 0 Å². The van der Waals surface area contributed by atoms with Crippen LogP contribution in [0.5, 0.6) is 0 Å². The molecule has 1 aliphatic carbocycles. The number of rotatable bonds is 0. The van der Waals surface area contributed by atoms with Gasteiger partial charge in [-0.2, -0.15) is 0 Å². The zero-order chi connectivity index (χ0) is 11.6. The first kappa shape index (κ1) is 14.0. The summed E-state index contributed by atoms with van der Waals surface area (Å²) in [5, 5.41) is 9.77. The fourth-order valence-corrected chi connectivity index (χ4v) is 2.74. The summed E-state index contributed by atoms with van der Waals surface area (Å²) in [6.07, 6.45) is 15.6. The Morgan fingerprint density at radius 2 is 1.00 bits per heavy atom. The molecular weight excluding hydrogens is 196 g/mol. The van der Waals surface area contributed by atoms with Crippen LogP contribution in [-0.4, -0.2) is 11.2 Å². The van der Waals surface area contributed by atoms with Gasteiger partial charge in [0.1, 0.15) is 0 Å². The molecule has 0 amide bonds. The van der Waals surface area contributed by atoms with E-state index in [0.717, 1.165) is 18.8 Å². The number of aliphatic hydroxyl groups excluding tert-OH is 1. The molecule has 0 aromatic carbocycles. The Bertz CT molecular complexity index is 140. The van der Waals surface area contributed by atoms with Crippen LogP contribution in [0.3, 0.4) is 0 Å². The summed E-state index contributed by atoms with van der Waals surface area (Å²) < 4.78 is 0. The van der Waals surface area contributed by atoms with E-state index in [-0.39, 0.29) is 6.10 Å². The lowest BCUT2D eigenvalue weighted by atomic mass is 9.94. The molecule has 0 saturated heterocycles. The molecule has 0 aromatic rings. The number of hydrogen-bond acceptors (Lipinski definition) is 1. The van der Waals surface area contributed by atoms with Crippen LogP contribution in [0.25, 0.3) is 0 Å². The third kappa shape index (κ3) is 7.27. The monoisotopic (exact) mass is 226 g/mol. The Morgan fingerprint density at radius 3 is 1.56 bits per heavy atom. The fourth-order valence-electron chi connectivity index (χ4n) is 2.74. The quantitative estimate of drug-likeness (QED) is 0.636. The molecule has 0 aliphatic heterocycles. The molecule has 16 heavy (non-hydrogen) atoms. The van der Waals surface area contributed by atoms with Gasteiger partial charge in [0.25, 0.3) is 0 Å². The maximum atomic E-state index is 9.77. The van der Waals surface area contributed by atoms with Crippen LogP contribution in [0.1, 0.15) is 84.0 Å². The molecule has 0 aromatic heterocycles. The van der Waals surface area contributed by atoms with Crippen molar-refractivity contribution in [3.05, 3.63) is 0 Å². The van der Waals surface area contributed by atoms with E-state index < -0.39 is 0 Å². The molecule has 0 bridgehead atoms. The SMILES string of the molecule is CC1CCCCCCCC(O)CCCCC1. The van der Waals surface area contributed by atoms with Crippen molar-refractivity contribution < 1.29 is 5.11 Å². The first-order chi connectivity index (χ1) is 7.79. The Balaban J connectivity index is 2.18. The lowest BCUT2D eigenvalue weighted by Gasteiger charge is -2.14. The van der Waals surface area contributed by atoms with E-state index in [1.54, 1.807) is 0 Å². The second-order valence-electron chi connectivity index (χ2n) is 5.74. The summed E-state index contributed by atoms with van der Waals surface area (Å²) in [4.78, 5) is 0. The molecule has 1 heteroatoms. The van der Waals surface area contributed by atoms with Gasteiger partial charge in [0.15, 0.2) is 0 Å². The van der Waals surface area contributed by atoms with E-state index in [9.17, 15) is 5.11 Å². The Kier molecular flexibility index (Phi) is 7.92. The van der Waals surface area contributed by atoms with Gasteiger partial charge in [-0.05, 0) is 18.8 Å². The molecule has 0 heterocycles. The highest BCUT2D eigenvalue weighted by molar-refractivity contribution is 4.60. The number of aliphatic hydroxyl groups is 1. The van der Waals surface area contributed by atoms with Gasteiger partial charge >= 0.3 is 0 Å². The first-order valence-corrected chi connectivity index (χ1v) is 7.47. The standard InChI is InChI=1S/C15H30O/c1-14-10-6-3-2-4-8-12-15(16)13-9-5-7-11-14/h14-16H,2-13H2,1H3. The van der Waals surface area contributed by atoms with Crippen molar-refractivity contribution in [3.63, 3.8) is 0 Å². The van der Waals surface area contributed by atoms with Crippen molar-refractivity contribution in [1.29, 1.82) is 0 Å². The Hall–Kier alpha value is -0.0400. The molecule has 1 fully saturated rings. The first-order valence-electron chi connectivity index (χ1n) is 7.47. The van der Waals surface area contributed by atoms with Crippen molar-refractivity contribution in [2.75, 3.05) is 0 Å². The molecule has 2 atom stereocenters. The second-order valence-corrected chi connectivity index (χ2v) is 5.74. The minimum atomic E-state index is -0.0136. The van der Waals surface area contributed by atoms with Crippen LogP contribution < -0.4 is 0 Å². The summed E-state index contributed by atoms with van der Waals surface area (Å²) in [5.41, 5.74) is 0. The molecular formula is C15H30O. The highest BCUT2D eigenvalue weighted by atomic mass is 16.3. The van der Waals surface area contributed by atoms with Gasteiger partial charge in [-0.15, -0.1) is 0 Å². The van der Waals surface area contributed by atoms with Gasteiger partial charge in [0.2, 0.25) is 0 Å². The van der Waals surface area contributed by atoms with Crippen molar-refractivity contribution >= 4 is 0 Å². The second kappa shape index (κ2) is 9.04. The van der Waals surface area contributed by atoms with E-state index in [0.29, 0.717) is 0 Å². The summed E-state index contributed by atoms with van der Waals surface area (Å²) in [7, 11) is 0. The molecule has 1 saturated carbocycles. The minimum Gasteiger partial charge on any atom is -0.393 e. The normalized spacial score (nSPS) is 31.9. The van der Waals surface area contributed by atoms with Gasteiger partial charge < -0.3 is 5.11 Å². The predicted molar refractivity (Wildman–Crippen MR) is 70.6 cm³/mol. The summed E-state index contributed by atoms with van der Waals surface area (Å²) in [6, 6.07) is 0. The topological polar surface area (TPSA) is 20.2 Å². The largest absolute Gasteiger partial charge is 0.393 e. The third-order valence-electron chi connectivity index (χ3n) is 3.97. The van der Waals surface area contributed by atoms with Crippen molar-refractivity contribution in [2.45, 2.75) is 90.1 Å². The van der Waals surface area contributed by atoms with Crippen LogP contribution in [0.15, 0.2) is 0 Å². The predicted octanol–water partition coefficient (Wildman–Crippen LogP) is 4.68. The minimum absolute atomic E-state index is 0.0136. The summed E-state index contributed by atoms with van der Waals surface area (Å²) in [5.74, 6) is 0.924. The summed E-state index contributed by atoms with van der Waals surface area (Å²) >= 11 is 0. The van der Waals surface area contributed by atoms with Crippen molar-refractivity contribution in [1.82, 2.24) is 0 Å². The highest BCUT2D eigenvalue weighted by Crippen LogP contribution is 2.20. The highest BCUT2D eigenvalue weighted by Gasteiger charge is 2.06. The van der Waals surface area contributed by atoms with E-state index >= 15 is 0 Å². The summed E-state index contributed by atoms with van der Waals surface area (Å²) in [6.45, 7) is 2.40. The maximum absolute atomic E-state index is 9.77. The molecule has 1 N–H and O–H groups in total. The van der Waals surface area contributed by atoms with E-state index in [2.05, 4.69) is 6.92 Å². The molecule has 0 spiro atoms. The average Bonchev–Trinajstić information content (AvgIpc) is 2.26. The number of hydrogen-bond donors (Lipinski definition) is 1. The Labute approximate surface area is 102 Å². The lowest BCUT2D eigenvalue weighted by Crippen LogP contribution is -2.06. The van der Waals surface area contributed by atoms with E-state index in [4.69, 9.17) is 0 Å². The van der Waals surface area contributed by atoms with Gasteiger partial charge in [0, 0.05) is 0 Å². The molecule has 1 nitrogen and oxygen atoms in total. The van der Waals surface area contributed by atoms with Gasteiger partial charge in [-0.1, -0.05) is 71.1 Å². The zero-order valence-electron chi connectivity index (χ0n) is 11.1. The van der Waals surface area contributed by atoms with E-state index in [1.807, 2.05) is 0 Å². The van der Waals surface area contributed by atoms with Gasteiger partial charge in [0.05, 0.1) is 6.10 Å². The van der Waals surface area contributed by atoms with Crippen LogP contribution in [0.4, 0.5) is 0 Å². The van der Waals surface area contributed by atoms with E-state index in [1.165, 1.54) is 64.2 Å². The molecule has 0 radical (unpaired) electrons. The third-order valence-corrected chi connectivity index (χ3v) is 3.97. The molecule has 2 unspecified atom stereocenters. The Morgan fingerprint density at radius 1 is 0.625 bits per heavy atom. The fraction of sp³-hybridized carbons (Fsp3) is 1.00. The average molecular weight is 226 g/mol. The zero-order valence-corrected chi connectivity index (χ0v) is 11.1. The maximum Gasteiger partial charge on any atom is 0.0540 e. The van der Waals surface area contributed by atoms with Crippen molar-refractivity contribution in [3.8, 4) is 0 Å². The smallest absolute Gasteiger partial charge is 0.0540 e. The van der Waals surface area contributed by atoms with Gasteiger partial charge in [-0.25, -0.2) is 0 Å². The molecule has 1 aliphatic rings. The molecule has 96 valence electrons.